The van der Waals surface area contributed by atoms with Crippen molar-refractivity contribution in [1.82, 2.24) is 4.98 Å². The second-order valence-electron chi connectivity index (χ2n) is 5.20. The van der Waals surface area contributed by atoms with Gasteiger partial charge >= 0.3 is 0 Å². The first-order chi connectivity index (χ1) is 10.5. The summed E-state index contributed by atoms with van der Waals surface area (Å²) in [6.45, 7) is 6.73. The van der Waals surface area contributed by atoms with E-state index in [0.29, 0.717) is 22.3 Å². The molecule has 0 saturated carbocycles. The van der Waals surface area contributed by atoms with Crippen LogP contribution in [0.1, 0.15) is 6.42 Å². The Bertz CT molecular complexity index is 757. The van der Waals surface area contributed by atoms with Crippen molar-refractivity contribution in [3.05, 3.63) is 35.8 Å². The van der Waals surface area contributed by atoms with Gasteiger partial charge < -0.3 is 15.8 Å². The Balaban J connectivity index is 2.05. The molecule has 1 aromatic heterocycles. The maximum absolute atomic E-state index is 13.9. The molecule has 2 aromatic rings. The highest BCUT2D eigenvalue weighted by Crippen LogP contribution is 2.35. The van der Waals surface area contributed by atoms with Crippen LogP contribution in [-0.4, -0.2) is 30.2 Å². The van der Waals surface area contributed by atoms with Gasteiger partial charge in [-0.3, -0.25) is 4.98 Å². The van der Waals surface area contributed by atoms with Crippen LogP contribution in [0.4, 0.5) is 25.8 Å². The van der Waals surface area contributed by atoms with Crippen molar-refractivity contribution in [2.75, 3.05) is 24.3 Å². The number of ether oxygens (including phenoxy) is 1. The molecule has 114 valence electrons. The van der Waals surface area contributed by atoms with Crippen molar-refractivity contribution < 1.29 is 13.5 Å². The monoisotopic (exact) mass is 304 g/mol. The average Bonchev–Trinajstić information content (AvgIpc) is 2.51. The molecule has 3 N–H and O–H groups in total. The molecule has 1 aliphatic heterocycles. The van der Waals surface area contributed by atoms with Crippen molar-refractivity contribution in [1.29, 1.82) is 0 Å². The summed E-state index contributed by atoms with van der Waals surface area (Å²) < 4.78 is 32.7. The van der Waals surface area contributed by atoms with E-state index in [-0.39, 0.29) is 18.7 Å². The molecule has 0 amide bonds. The first-order valence-electron chi connectivity index (χ1n) is 6.79. The van der Waals surface area contributed by atoms with Crippen LogP contribution >= 0.6 is 0 Å². The second-order valence-corrected chi connectivity index (χ2v) is 5.20. The number of nitrogens with one attached hydrogen (secondary N) is 1. The van der Waals surface area contributed by atoms with Gasteiger partial charge in [0.05, 0.1) is 35.7 Å². The fourth-order valence-electron chi connectivity index (χ4n) is 2.50. The largest absolute Gasteiger partial charge is 0.396 e. The highest BCUT2D eigenvalue weighted by molar-refractivity contribution is 5.98. The number of benzene rings is 1. The molecule has 0 aliphatic carbocycles. The van der Waals surface area contributed by atoms with Gasteiger partial charge in [-0.1, -0.05) is 6.07 Å². The first-order valence-corrected chi connectivity index (χ1v) is 6.79. The predicted molar refractivity (Wildman–Crippen MR) is 80.2 cm³/mol. The number of aromatic nitrogens is 1. The molecule has 22 heavy (non-hydrogen) atoms. The minimum atomic E-state index is -2.97. The van der Waals surface area contributed by atoms with E-state index in [2.05, 4.69) is 15.1 Å². The molecule has 1 unspecified atom stereocenters. The lowest BCUT2D eigenvalue weighted by Gasteiger charge is -2.33. The molecule has 0 bridgehead atoms. The zero-order chi connectivity index (χ0) is 15.7. The van der Waals surface area contributed by atoms with Crippen molar-refractivity contribution >= 4 is 28.0 Å². The standard InChI is InChI=1S/C15H14F2N4O/c1-19-9-2-3-12-10(6-9)14(11(18)7-20-12)21-13-4-5-22-8-15(13,16)17/h2-3,6-7,13H,4-5,8,18H2,(H,20,21). The fraction of sp³-hybridized carbons (Fsp3) is 0.333. The molecule has 7 heteroatoms. The normalized spacial score (nSPS) is 20.5. The lowest BCUT2D eigenvalue weighted by atomic mass is 10.0. The number of nitrogens with zero attached hydrogens (tertiary/aromatic N) is 2. The van der Waals surface area contributed by atoms with Crippen molar-refractivity contribution in [3.8, 4) is 0 Å². The van der Waals surface area contributed by atoms with Crippen LogP contribution in [0.15, 0.2) is 24.4 Å². The van der Waals surface area contributed by atoms with E-state index < -0.39 is 18.6 Å². The topological polar surface area (TPSA) is 64.5 Å². The van der Waals surface area contributed by atoms with E-state index in [1.54, 1.807) is 18.2 Å². The van der Waals surface area contributed by atoms with E-state index in [1.807, 2.05) is 0 Å². The van der Waals surface area contributed by atoms with E-state index in [0.717, 1.165) is 0 Å². The summed E-state index contributed by atoms with van der Waals surface area (Å²) in [6.07, 6.45) is 1.61. The summed E-state index contributed by atoms with van der Waals surface area (Å²) in [4.78, 5) is 7.52. The third kappa shape index (κ3) is 2.53. The molecule has 0 radical (unpaired) electrons. The molecule has 3 rings (SSSR count). The molecule has 1 atom stereocenters. The maximum Gasteiger partial charge on any atom is 0.290 e. The maximum atomic E-state index is 13.9. The van der Waals surface area contributed by atoms with Crippen LogP contribution in [-0.2, 0) is 4.74 Å². The Labute approximate surface area is 125 Å². The van der Waals surface area contributed by atoms with Gasteiger partial charge in [0.15, 0.2) is 5.69 Å². The van der Waals surface area contributed by atoms with Crippen molar-refractivity contribution in [3.63, 3.8) is 0 Å². The van der Waals surface area contributed by atoms with Gasteiger partial charge in [-0.15, -0.1) is 0 Å². The van der Waals surface area contributed by atoms with Gasteiger partial charge in [-0.2, -0.15) is 0 Å². The van der Waals surface area contributed by atoms with Gasteiger partial charge in [0, 0.05) is 12.0 Å². The van der Waals surface area contributed by atoms with Gasteiger partial charge in [-0.25, -0.2) is 13.6 Å². The molecule has 2 heterocycles. The number of halogens is 2. The number of pyridine rings is 1. The predicted octanol–water partition coefficient (Wildman–Crippen LogP) is 3.20. The molecule has 0 spiro atoms. The number of fused-ring (bicyclic) bond motifs is 1. The Hall–Kier alpha value is -2.46. The number of hydrogen-bond acceptors (Lipinski definition) is 4. The third-order valence-electron chi connectivity index (χ3n) is 3.68. The third-order valence-corrected chi connectivity index (χ3v) is 3.68. The number of nitrogens with two attached hydrogens (primary N) is 1. The number of nitrogen functional groups attached to an aromatic ring is 1. The lowest BCUT2D eigenvalue weighted by Crippen LogP contribution is -2.47. The summed E-state index contributed by atoms with van der Waals surface area (Å²) in [5, 5.41) is 3.40. The minimum Gasteiger partial charge on any atom is -0.396 e. The van der Waals surface area contributed by atoms with Gasteiger partial charge in [0.1, 0.15) is 6.61 Å². The van der Waals surface area contributed by atoms with Gasteiger partial charge in [-0.05, 0) is 18.6 Å². The fourth-order valence-corrected chi connectivity index (χ4v) is 2.50. The molecular weight excluding hydrogens is 290 g/mol. The molecule has 1 aromatic carbocycles. The van der Waals surface area contributed by atoms with E-state index >= 15 is 0 Å². The Kier molecular flexibility index (Phi) is 3.54. The van der Waals surface area contributed by atoms with Crippen molar-refractivity contribution in [2.45, 2.75) is 18.4 Å². The van der Waals surface area contributed by atoms with E-state index in [9.17, 15) is 8.78 Å². The molecule has 1 fully saturated rings. The summed E-state index contributed by atoms with van der Waals surface area (Å²) >= 11 is 0. The number of anilines is 2. The van der Waals surface area contributed by atoms with Crippen molar-refractivity contribution in [2.24, 2.45) is 0 Å². The van der Waals surface area contributed by atoms with Crippen LogP contribution in [0.3, 0.4) is 0 Å². The minimum absolute atomic E-state index is 0.179. The second kappa shape index (κ2) is 5.39. The van der Waals surface area contributed by atoms with E-state index in [1.165, 1.54) is 6.20 Å². The SMILES string of the molecule is [C-]#[N+]c1ccc2ncc(N)c(NC3CCOCC3(F)F)c2c1. The summed E-state index contributed by atoms with van der Waals surface area (Å²) in [5.41, 5.74) is 7.57. The average molecular weight is 304 g/mol. The Morgan fingerprint density at radius 1 is 1.45 bits per heavy atom. The smallest absolute Gasteiger partial charge is 0.290 e. The van der Waals surface area contributed by atoms with Crippen LogP contribution in [0.2, 0.25) is 0 Å². The first kappa shape index (κ1) is 14.5. The quantitative estimate of drug-likeness (QED) is 0.836. The number of rotatable bonds is 2. The summed E-state index contributed by atoms with van der Waals surface area (Å²) in [7, 11) is 0. The molecule has 1 saturated heterocycles. The van der Waals surface area contributed by atoms with Crippen LogP contribution in [0.25, 0.3) is 15.7 Å². The number of hydrogen-bond donors (Lipinski definition) is 2. The highest BCUT2D eigenvalue weighted by atomic mass is 19.3. The lowest BCUT2D eigenvalue weighted by molar-refractivity contribution is -0.122. The van der Waals surface area contributed by atoms with Crippen LogP contribution < -0.4 is 11.1 Å². The Morgan fingerprint density at radius 2 is 2.27 bits per heavy atom. The summed E-state index contributed by atoms with van der Waals surface area (Å²) in [5.74, 6) is -2.97. The zero-order valence-electron chi connectivity index (χ0n) is 11.6. The summed E-state index contributed by atoms with van der Waals surface area (Å²) in [6, 6.07) is 3.84. The number of alkyl halides is 2. The molecule has 5 nitrogen and oxygen atoms in total. The zero-order valence-corrected chi connectivity index (χ0v) is 11.6. The van der Waals surface area contributed by atoms with E-state index in [4.69, 9.17) is 17.0 Å². The highest BCUT2D eigenvalue weighted by Gasteiger charge is 2.42. The molecular formula is C15H14F2N4O. The van der Waals surface area contributed by atoms with Gasteiger partial charge in [0.2, 0.25) is 0 Å². The van der Waals surface area contributed by atoms with Gasteiger partial charge in [0.25, 0.3) is 5.92 Å². The molecule has 1 aliphatic rings. The van der Waals surface area contributed by atoms with Crippen LogP contribution in [0.5, 0.6) is 0 Å². The Morgan fingerprint density at radius 3 is 3.00 bits per heavy atom. The van der Waals surface area contributed by atoms with Crippen LogP contribution in [0, 0.1) is 6.57 Å².